The monoisotopic (exact) mass is 367 g/mol. The fourth-order valence-corrected chi connectivity index (χ4v) is 11.5. The molecule has 0 saturated carbocycles. The number of hydrogen-bond donors (Lipinski definition) is 0. The van der Waals surface area contributed by atoms with Crippen LogP contribution in [0, 0.1) is 10.8 Å². The zero-order valence-electron chi connectivity index (χ0n) is 16.6. The van der Waals surface area contributed by atoms with Gasteiger partial charge in [0.25, 0.3) is 0 Å². The van der Waals surface area contributed by atoms with E-state index in [4.69, 9.17) is 11.6 Å². The van der Waals surface area contributed by atoms with E-state index in [0.717, 1.165) is 4.18 Å². The average molecular weight is 368 g/mol. The molecule has 0 bridgehead atoms. The molecule has 23 heavy (non-hydrogen) atoms. The molecule has 0 aromatic carbocycles. The van der Waals surface area contributed by atoms with Crippen molar-refractivity contribution >= 4 is 11.6 Å². The van der Waals surface area contributed by atoms with Gasteiger partial charge in [-0.05, 0) is 0 Å². The predicted molar refractivity (Wildman–Crippen MR) is 100 cm³/mol. The van der Waals surface area contributed by atoms with E-state index in [2.05, 4.69) is 69.2 Å². The molecule has 0 atom stereocenters. The fraction of sp³-hybridized carbons (Fsp3) is 0.619. The minimum atomic E-state index is -1.74. The Hall–Kier alpha value is -0.0357. The van der Waals surface area contributed by atoms with Crippen molar-refractivity contribution in [3.05, 3.63) is 41.2 Å². The van der Waals surface area contributed by atoms with Crippen LogP contribution in [0.5, 0.6) is 0 Å². The van der Waals surface area contributed by atoms with Crippen LogP contribution < -0.4 is 0 Å². The molecular formula is C21H32ClTi. The first-order valence-electron chi connectivity index (χ1n) is 8.62. The molecule has 0 aromatic heterocycles. The van der Waals surface area contributed by atoms with E-state index in [1.807, 2.05) is 0 Å². The number of allylic oxidation sites excluding steroid dienone is 8. The molecule has 0 nitrogen and oxygen atoms in total. The van der Waals surface area contributed by atoms with E-state index >= 15 is 0 Å². The Morgan fingerprint density at radius 1 is 0.652 bits per heavy atom. The standard InChI is InChI=1S/2C10H15.CH2Cl.Ti/c2*1-7-6-10(4,5)9(3)8(7)2;1-2;/h2*1-5H3;1H2;. The number of alkyl halides is 1. The van der Waals surface area contributed by atoms with E-state index in [9.17, 15) is 0 Å². The maximum absolute atomic E-state index is 6.67. The molecule has 0 aliphatic heterocycles. The van der Waals surface area contributed by atoms with Gasteiger partial charge in [-0.25, -0.2) is 0 Å². The number of rotatable bonds is 3. The quantitative estimate of drug-likeness (QED) is 0.368. The summed E-state index contributed by atoms with van der Waals surface area (Å²) >= 11 is 4.93. The first-order valence-corrected chi connectivity index (χ1v) is 11.8. The van der Waals surface area contributed by atoms with Gasteiger partial charge in [-0.3, -0.25) is 0 Å². The van der Waals surface area contributed by atoms with E-state index in [0.29, 0.717) is 0 Å². The summed E-state index contributed by atoms with van der Waals surface area (Å²) < 4.78 is 4.23. The Morgan fingerprint density at radius 2 is 0.957 bits per heavy atom. The third-order valence-corrected chi connectivity index (χ3v) is 13.4. The van der Waals surface area contributed by atoms with Gasteiger partial charge in [0.15, 0.2) is 0 Å². The van der Waals surface area contributed by atoms with Crippen LogP contribution in [-0.2, 0) is 17.9 Å². The van der Waals surface area contributed by atoms with Crippen molar-refractivity contribution in [3.63, 3.8) is 0 Å². The number of hydrogen-bond acceptors (Lipinski definition) is 0. The Labute approximate surface area is 154 Å². The van der Waals surface area contributed by atoms with Gasteiger partial charge in [0.05, 0.1) is 0 Å². The first-order chi connectivity index (χ1) is 10.4. The Kier molecular flexibility index (Phi) is 5.07. The van der Waals surface area contributed by atoms with Crippen molar-refractivity contribution in [2.24, 2.45) is 10.8 Å². The van der Waals surface area contributed by atoms with E-state index < -0.39 is 17.9 Å². The van der Waals surface area contributed by atoms with Crippen molar-refractivity contribution in [1.29, 1.82) is 0 Å². The van der Waals surface area contributed by atoms with Gasteiger partial charge >= 0.3 is 155 Å². The summed E-state index contributed by atoms with van der Waals surface area (Å²) in [4.78, 5) is 0. The second-order valence-corrected chi connectivity index (χ2v) is 12.9. The fourth-order valence-electron chi connectivity index (χ4n) is 4.65. The zero-order chi connectivity index (χ0) is 17.9. The second-order valence-electron chi connectivity index (χ2n) is 8.36. The summed E-state index contributed by atoms with van der Waals surface area (Å²) in [6.45, 7) is 23.5. The molecular weight excluding hydrogens is 336 g/mol. The Balaban J connectivity index is 2.65. The summed E-state index contributed by atoms with van der Waals surface area (Å²) in [6, 6.07) is 0. The van der Waals surface area contributed by atoms with Crippen LogP contribution in [0.15, 0.2) is 41.2 Å². The zero-order valence-corrected chi connectivity index (χ0v) is 18.9. The van der Waals surface area contributed by atoms with Gasteiger partial charge in [-0.1, -0.05) is 0 Å². The first kappa shape index (κ1) is 19.3. The van der Waals surface area contributed by atoms with Gasteiger partial charge in [0.2, 0.25) is 0 Å². The molecule has 0 fully saturated rings. The van der Waals surface area contributed by atoms with Gasteiger partial charge in [-0.15, -0.1) is 0 Å². The SMILES string of the molecule is CC1=C(C)C(C)(C)[C]([Ti]([CH2]Cl)[C]2=C(C)C(C)=C(C)C2(C)C)=C1C. The number of halogens is 1. The molecule has 0 saturated heterocycles. The molecule has 2 heteroatoms. The molecule has 0 spiro atoms. The van der Waals surface area contributed by atoms with Crippen LogP contribution in [0.1, 0.15) is 69.2 Å². The van der Waals surface area contributed by atoms with Crippen LogP contribution >= 0.6 is 11.6 Å². The summed E-state index contributed by atoms with van der Waals surface area (Å²) in [5.41, 5.74) is 9.47. The molecule has 127 valence electrons. The van der Waals surface area contributed by atoms with Gasteiger partial charge in [0.1, 0.15) is 0 Å². The van der Waals surface area contributed by atoms with Crippen molar-refractivity contribution in [2.75, 3.05) is 4.18 Å². The van der Waals surface area contributed by atoms with E-state index in [1.54, 1.807) is 7.76 Å². The van der Waals surface area contributed by atoms with Crippen LogP contribution in [0.3, 0.4) is 0 Å². The molecule has 0 unspecified atom stereocenters. The van der Waals surface area contributed by atoms with Gasteiger partial charge in [-0.2, -0.15) is 0 Å². The van der Waals surface area contributed by atoms with Gasteiger partial charge in [0, 0.05) is 0 Å². The topological polar surface area (TPSA) is 0 Å². The molecule has 2 aliphatic rings. The second kappa shape index (κ2) is 6.04. The maximum atomic E-state index is 6.67. The molecule has 0 N–H and O–H groups in total. The predicted octanol–water partition coefficient (Wildman–Crippen LogP) is 7.10. The Morgan fingerprint density at radius 3 is 1.13 bits per heavy atom. The van der Waals surface area contributed by atoms with Crippen LogP contribution in [-0.4, -0.2) is 4.18 Å². The van der Waals surface area contributed by atoms with Gasteiger partial charge < -0.3 is 0 Å². The van der Waals surface area contributed by atoms with Crippen molar-refractivity contribution < 1.29 is 17.9 Å². The van der Waals surface area contributed by atoms with Crippen molar-refractivity contribution in [1.82, 2.24) is 0 Å². The molecule has 0 aromatic rings. The molecule has 2 aliphatic carbocycles. The Bertz CT molecular complexity index is 623. The molecule has 2 rings (SSSR count). The van der Waals surface area contributed by atoms with Crippen molar-refractivity contribution in [2.45, 2.75) is 69.2 Å². The van der Waals surface area contributed by atoms with Crippen LogP contribution in [0.2, 0.25) is 0 Å². The minimum absolute atomic E-state index is 0.173. The summed E-state index contributed by atoms with van der Waals surface area (Å²) in [6.07, 6.45) is 0. The summed E-state index contributed by atoms with van der Waals surface area (Å²) in [5, 5.41) is 0. The summed E-state index contributed by atoms with van der Waals surface area (Å²) in [5.74, 6) is 0. The van der Waals surface area contributed by atoms with E-state index in [-0.39, 0.29) is 10.8 Å². The molecule has 0 radical (unpaired) electrons. The molecule has 0 heterocycles. The van der Waals surface area contributed by atoms with Crippen LogP contribution in [0.4, 0.5) is 0 Å². The third kappa shape index (κ3) is 2.61. The van der Waals surface area contributed by atoms with Crippen LogP contribution in [0.25, 0.3) is 0 Å². The van der Waals surface area contributed by atoms with E-state index in [1.165, 1.54) is 33.4 Å². The normalized spacial score (nSPS) is 23.6. The third-order valence-electron chi connectivity index (χ3n) is 6.86. The molecule has 0 amide bonds. The average Bonchev–Trinajstić information content (AvgIpc) is 2.72. The van der Waals surface area contributed by atoms with Crippen molar-refractivity contribution in [3.8, 4) is 0 Å². The summed E-state index contributed by atoms with van der Waals surface area (Å²) in [7, 11) is 0.